The van der Waals surface area contributed by atoms with Crippen molar-refractivity contribution in [1.29, 1.82) is 0 Å². The van der Waals surface area contributed by atoms with Crippen molar-refractivity contribution < 1.29 is 14.3 Å². The Morgan fingerprint density at radius 2 is 1.83 bits per heavy atom. The van der Waals surface area contributed by atoms with Gasteiger partial charge in [0.1, 0.15) is 5.75 Å². The van der Waals surface area contributed by atoms with Crippen molar-refractivity contribution >= 4 is 17.6 Å². The number of hydrogen-bond acceptors (Lipinski definition) is 3. The fourth-order valence-electron chi connectivity index (χ4n) is 2.72. The summed E-state index contributed by atoms with van der Waals surface area (Å²) in [5.74, 6) is -0.285. The van der Waals surface area contributed by atoms with E-state index in [1.54, 1.807) is 17.0 Å². The van der Waals surface area contributed by atoms with Crippen molar-refractivity contribution in [3.8, 4) is 5.75 Å². The number of ether oxygens (including phenoxy) is 1. The minimum absolute atomic E-state index is 0.0421. The van der Waals surface area contributed by atoms with Crippen LogP contribution >= 0.6 is 0 Å². The molecule has 0 aromatic heterocycles. The van der Waals surface area contributed by atoms with Crippen LogP contribution in [0.2, 0.25) is 0 Å². The Bertz CT molecular complexity index is 694. The van der Waals surface area contributed by atoms with E-state index in [1.165, 1.54) is 5.56 Å². The molecule has 3 rings (SSSR count). The highest BCUT2D eigenvalue weighted by molar-refractivity contribution is 5.99. The number of rotatable bonds is 4. The Morgan fingerprint density at radius 1 is 1.13 bits per heavy atom. The van der Waals surface area contributed by atoms with Gasteiger partial charge in [-0.05, 0) is 36.2 Å². The molecule has 0 unspecified atom stereocenters. The van der Waals surface area contributed by atoms with Gasteiger partial charge in [0.2, 0.25) is 5.91 Å². The first-order valence-corrected chi connectivity index (χ1v) is 7.83. The number of amides is 1. The third-order valence-electron chi connectivity index (χ3n) is 4.08. The Labute approximate surface area is 135 Å². The monoisotopic (exact) mass is 309 g/mol. The molecule has 0 aliphatic carbocycles. The highest BCUT2D eigenvalue weighted by Crippen LogP contribution is 2.26. The summed E-state index contributed by atoms with van der Waals surface area (Å²) in [6.45, 7) is 2.44. The first-order chi connectivity index (χ1) is 11.2. The van der Waals surface area contributed by atoms with Crippen LogP contribution in [0.4, 0.5) is 5.69 Å². The van der Waals surface area contributed by atoms with E-state index in [4.69, 9.17) is 4.74 Å². The van der Waals surface area contributed by atoms with E-state index < -0.39 is 5.92 Å². The zero-order valence-corrected chi connectivity index (χ0v) is 13.1. The van der Waals surface area contributed by atoms with Crippen LogP contribution in [0.15, 0.2) is 54.6 Å². The van der Waals surface area contributed by atoms with Gasteiger partial charge in [0.25, 0.3) is 0 Å². The van der Waals surface area contributed by atoms with Gasteiger partial charge in [-0.1, -0.05) is 37.3 Å². The molecule has 1 aliphatic heterocycles. The van der Waals surface area contributed by atoms with Gasteiger partial charge in [0, 0.05) is 18.7 Å². The second-order valence-electron chi connectivity index (χ2n) is 5.66. The predicted octanol–water partition coefficient (Wildman–Crippen LogP) is 3.21. The maximum atomic E-state index is 12.3. The lowest BCUT2D eigenvalue weighted by molar-refractivity contribution is -0.139. The summed E-state index contributed by atoms with van der Waals surface area (Å²) in [6, 6.07) is 16.9. The minimum atomic E-state index is -0.423. The van der Waals surface area contributed by atoms with Crippen LogP contribution in [-0.4, -0.2) is 18.4 Å². The van der Waals surface area contributed by atoms with Gasteiger partial charge in [-0.2, -0.15) is 0 Å². The second kappa shape index (κ2) is 6.65. The lowest BCUT2D eigenvalue weighted by atomic mass is 10.1. The SMILES string of the molecule is CCc1ccc(OC(=O)[C@H]2CC(=O)N(c3ccccc3)C2)cc1. The molecule has 0 radical (unpaired) electrons. The number of benzene rings is 2. The lowest BCUT2D eigenvalue weighted by Crippen LogP contribution is -2.27. The average molecular weight is 309 g/mol. The fourth-order valence-corrected chi connectivity index (χ4v) is 2.72. The largest absolute Gasteiger partial charge is 0.426 e. The maximum absolute atomic E-state index is 12.3. The van der Waals surface area contributed by atoms with Gasteiger partial charge in [0.05, 0.1) is 5.92 Å². The predicted molar refractivity (Wildman–Crippen MR) is 88.4 cm³/mol. The first-order valence-electron chi connectivity index (χ1n) is 7.83. The first kappa shape index (κ1) is 15.3. The van der Waals surface area contributed by atoms with Crippen molar-refractivity contribution in [2.45, 2.75) is 19.8 Å². The average Bonchev–Trinajstić information content (AvgIpc) is 2.98. The Kier molecular flexibility index (Phi) is 4.42. The second-order valence-corrected chi connectivity index (χ2v) is 5.66. The number of carbonyl (C=O) groups is 2. The van der Waals surface area contributed by atoms with Crippen molar-refractivity contribution in [2.24, 2.45) is 5.92 Å². The van der Waals surface area contributed by atoms with Crippen LogP contribution in [0.25, 0.3) is 0 Å². The summed E-state index contributed by atoms with van der Waals surface area (Å²) in [5, 5.41) is 0. The van der Waals surface area contributed by atoms with Crippen LogP contribution in [0.1, 0.15) is 18.9 Å². The van der Waals surface area contributed by atoms with Crippen molar-refractivity contribution in [2.75, 3.05) is 11.4 Å². The molecule has 4 heteroatoms. The molecule has 1 aliphatic rings. The summed E-state index contributed by atoms with van der Waals surface area (Å²) in [4.78, 5) is 26.1. The smallest absolute Gasteiger partial charge is 0.316 e. The molecule has 1 saturated heterocycles. The minimum Gasteiger partial charge on any atom is -0.426 e. The van der Waals surface area contributed by atoms with Crippen molar-refractivity contribution in [3.63, 3.8) is 0 Å². The van der Waals surface area contributed by atoms with Crippen LogP contribution in [0.3, 0.4) is 0 Å². The van der Waals surface area contributed by atoms with Crippen LogP contribution in [0, 0.1) is 5.92 Å². The molecule has 1 heterocycles. The zero-order chi connectivity index (χ0) is 16.2. The van der Waals surface area contributed by atoms with Gasteiger partial charge in [-0.3, -0.25) is 9.59 Å². The van der Waals surface area contributed by atoms with E-state index >= 15 is 0 Å². The summed E-state index contributed by atoms with van der Waals surface area (Å²) >= 11 is 0. The fraction of sp³-hybridized carbons (Fsp3) is 0.263. The van der Waals surface area contributed by atoms with Crippen molar-refractivity contribution in [3.05, 3.63) is 60.2 Å². The Hall–Kier alpha value is -2.62. The number of hydrogen-bond donors (Lipinski definition) is 0. The molecule has 4 nitrogen and oxygen atoms in total. The quantitative estimate of drug-likeness (QED) is 0.643. The molecule has 0 bridgehead atoms. The standard InChI is InChI=1S/C19H19NO3/c1-2-14-8-10-17(11-9-14)23-19(22)15-12-18(21)20(13-15)16-6-4-3-5-7-16/h3-11,15H,2,12-13H2,1H3/t15-/m0/s1. The number of para-hydroxylation sites is 1. The topological polar surface area (TPSA) is 46.6 Å². The molecular formula is C19H19NO3. The molecule has 0 spiro atoms. The summed E-state index contributed by atoms with van der Waals surface area (Å²) < 4.78 is 5.41. The normalized spacial score (nSPS) is 17.3. The Balaban J connectivity index is 1.65. The maximum Gasteiger partial charge on any atom is 0.316 e. The van der Waals surface area contributed by atoms with Gasteiger partial charge in [0.15, 0.2) is 0 Å². The molecule has 1 fully saturated rings. The van der Waals surface area contributed by atoms with Crippen molar-refractivity contribution in [1.82, 2.24) is 0 Å². The van der Waals surface area contributed by atoms with E-state index in [0.29, 0.717) is 12.3 Å². The third-order valence-corrected chi connectivity index (χ3v) is 4.08. The number of anilines is 1. The molecule has 2 aromatic carbocycles. The van der Waals surface area contributed by atoms with E-state index in [1.807, 2.05) is 42.5 Å². The zero-order valence-electron chi connectivity index (χ0n) is 13.1. The highest BCUT2D eigenvalue weighted by Gasteiger charge is 2.36. The molecule has 0 saturated carbocycles. The third kappa shape index (κ3) is 3.42. The number of aryl methyl sites for hydroxylation is 1. The molecule has 0 N–H and O–H groups in total. The molecule has 118 valence electrons. The van der Waals surface area contributed by atoms with Crippen LogP contribution < -0.4 is 9.64 Å². The summed E-state index contributed by atoms with van der Waals surface area (Å²) in [6.07, 6.45) is 1.14. The van der Waals surface area contributed by atoms with Crippen LogP contribution in [0.5, 0.6) is 5.75 Å². The number of esters is 1. The molecule has 1 atom stereocenters. The highest BCUT2D eigenvalue weighted by atomic mass is 16.5. The number of nitrogens with zero attached hydrogens (tertiary/aromatic N) is 1. The van der Waals surface area contributed by atoms with E-state index in [2.05, 4.69) is 6.92 Å². The van der Waals surface area contributed by atoms with Gasteiger partial charge in [-0.25, -0.2) is 0 Å². The molecular weight excluding hydrogens is 290 g/mol. The van der Waals surface area contributed by atoms with E-state index in [-0.39, 0.29) is 18.3 Å². The Morgan fingerprint density at radius 3 is 2.48 bits per heavy atom. The molecule has 2 aromatic rings. The van der Waals surface area contributed by atoms with E-state index in [9.17, 15) is 9.59 Å². The number of carbonyl (C=O) groups excluding carboxylic acids is 2. The molecule has 23 heavy (non-hydrogen) atoms. The van der Waals surface area contributed by atoms with Crippen LogP contribution in [-0.2, 0) is 16.0 Å². The lowest BCUT2D eigenvalue weighted by Gasteiger charge is -2.16. The summed E-state index contributed by atoms with van der Waals surface area (Å²) in [7, 11) is 0. The van der Waals surface area contributed by atoms with Gasteiger partial charge >= 0.3 is 5.97 Å². The summed E-state index contributed by atoms with van der Waals surface area (Å²) in [5.41, 5.74) is 2.01. The van der Waals surface area contributed by atoms with E-state index in [0.717, 1.165) is 12.1 Å². The molecule has 1 amide bonds. The van der Waals surface area contributed by atoms with Gasteiger partial charge in [-0.15, -0.1) is 0 Å². The van der Waals surface area contributed by atoms with Gasteiger partial charge < -0.3 is 9.64 Å².